The third-order valence-corrected chi connectivity index (χ3v) is 6.18. The Hall–Kier alpha value is -1.26. The summed E-state index contributed by atoms with van der Waals surface area (Å²) < 4.78 is 16.6. The van der Waals surface area contributed by atoms with Gasteiger partial charge in [-0.3, -0.25) is 9.59 Å². The summed E-state index contributed by atoms with van der Waals surface area (Å²) in [5, 5.41) is 38.7. The van der Waals surface area contributed by atoms with Crippen molar-refractivity contribution in [2.45, 2.75) is 78.6 Å². The van der Waals surface area contributed by atoms with E-state index in [0.717, 1.165) is 32.1 Å². The van der Waals surface area contributed by atoms with Crippen molar-refractivity contribution in [2.24, 2.45) is 16.7 Å². The molecule has 2 atom stereocenters. The molecule has 0 saturated heterocycles. The number of unbranched alkanes of at least 4 members (excludes halogenated alkanes) is 4. The summed E-state index contributed by atoms with van der Waals surface area (Å²) in [7, 11) is 0. The first-order chi connectivity index (χ1) is 16.3. The van der Waals surface area contributed by atoms with Crippen LogP contribution in [-0.2, 0) is 23.8 Å². The molecule has 0 fully saturated rings. The summed E-state index contributed by atoms with van der Waals surface area (Å²) in [6.07, 6.45) is 7.23. The van der Waals surface area contributed by atoms with Gasteiger partial charge in [-0.25, -0.2) is 0 Å². The number of hydrogen-bond acceptors (Lipinski definition) is 9. The van der Waals surface area contributed by atoms with E-state index in [-0.39, 0.29) is 44.7 Å². The lowest BCUT2D eigenvalue weighted by atomic mass is 9.90. The highest BCUT2D eigenvalue weighted by Crippen LogP contribution is 2.24. The molecule has 9 nitrogen and oxygen atoms in total. The summed E-state index contributed by atoms with van der Waals surface area (Å²) >= 11 is 0. The lowest BCUT2D eigenvalue weighted by Crippen LogP contribution is -2.45. The van der Waals surface area contributed by atoms with Crippen molar-refractivity contribution < 1.29 is 44.2 Å². The Morgan fingerprint density at radius 2 is 1.26 bits per heavy atom. The maximum Gasteiger partial charge on any atom is 0.308 e. The number of carbonyl (C=O) groups is 2. The van der Waals surface area contributed by atoms with E-state index in [0.29, 0.717) is 19.3 Å². The molecule has 0 aromatic carbocycles. The van der Waals surface area contributed by atoms with Crippen molar-refractivity contribution in [1.29, 1.82) is 0 Å². The molecule has 0 aromatic heterocycles. The van der Waals surface area contributed by atoms with Crippen LogP contribution in [0.25, 0.3) is 0 Å². The van der Waals surface area contributed by atoms with Crippen LogP contribution in [0.1, 0.15) is 78.6 Å². The Morgan fingerprint density at radius 1 is 0.706 bits per heavy atom. The largest absolute Gasteiger partial charge is 0.465 e. The molecule has 0 amide bonds. The molecule has 0 aromatic rings. The van der Waals surface area contributed by atoms with Crippen molar-refractivity contribution in [2.75, 3.05) is 52.9 Å². The molecule has 0 spiro atoms. The van der Waals surface area contributed by atoms with Crippen LogP contribution in [0.15, 0.2) is 0 Å². The fraction of sp³-hybridized carbons (Fsp3) is 0.920. The van der Waals surface area contributed by atoms with Crippen molar-refractivity contribution >= 4 is 11.9 Å². The van der Waals surface area contributed by atoms with Crippen LogP contribution < -0.4 is 0 Å². The molecule has 0 aliphatic carbocycles. The maximum atomic E-state index is 12.6. The monoisotopic (exact) mass is 492 g/mol. The zero-order valence-corrected chi connectivity index (χ0v) is 21.4. The number of aliphatic hydroxyl groups is 4. The molecule has 0 bridgehead atoms. The molecule has 0 aliphatic heterocycles. The molecule has 2 unspecified atom stereocenters. The van der Waals surface area contributed by atoms with Gasteiger partial charge >= 0.3 is 11.9 Å². The van der Waals surface area contributed by atoms with Gasteiger partial charge in [0.25, 0.3) is 0 Å². The van der Waals surface area contributed by atoms with Gasteiger partial charge in [-0.05, 0) is 19.3 Å². The highest BCUT2D eigenvalue weighted by Gasteiger charge is 2.37. The third kappa shape index (κ3) is 12.4. The summed E-state index contributed by atoms with van der Waals surface area (Å²) in [5.41, 5.74) is -2.45. The highest BCUT2D eigenvalue weighted by atomic mass is 16.6. The van der Waals surface area contributed by atoms with Crippen molar-refractivity contribution in [3.8, 4) is 0 Å². The summed E-state index contributed by atoms with van der Waals surface area (Å²) in [5.74, 6) is -1.01. The first kappa shape index (κ1) is 32.7. The molecular formula is C25H48O9. The maximum absolute atomic E-state index is 12.6. The molecular weight excluding hydrogens is 444 g/mol. The lowest BCUT2D eigenvalue weighted by Gasteiger charge is -2.33. The predicted octanol–water partition coefficient (Wildman–Crippen LogP) is 2.22. The topological polar surface area (TPSA) is 143 Å². The van der Waals surface area contributed by atoms with Gasteiger partial charge in [0.15, 0.2) is 0 Å². The van der Waals surface area contributed by atoms with Gasteiger partial charge < -0.3 is 34.6 Å². The molecule has 202 valence electrons. The van der Waals surface area contributed by atoms with Gasteiger partial charge in [-0.1, -0.05) is 52.9 Å². The van der Waals surface area contributed by atoms with E-state index in [1.54, 1.807) is 0 Å². The minimum absolute atomic E-state index is 0.159. The number of carbonyl (C=O) groups excluding carboxylic acids is 2. The van der Waals surface area contributed by atoms with E-state index < -0.39 is 43.2 Å². The second-order valence-corrected chi connectivity index (χ2v) is 9.45. The minimum Gasteiger partial charge on any atom is -0.465 e. The van der Waals surface area contributed by atoms with Crippen LogP contribution in [0.3, 0.4) is 0 Å². The second kappa shape index (κ2) is 19.0. The van der Waals surface area contributed by atoms with Crippen LogP contribution in [-0.4, -0.2) is 85.2 Å². The van der Waals surface area contributed by atoms with Gasteiger partial charge in [-0.2, -0.15) is 0 Å². The molecule has 0 saturated carbocycles. The van der Waals surface area contributed by atoms with E-state index in [2.05, 4.69) is 6.92 Å². The standard InChI is InChI=1S/C25H48O9/c1-4-7-9-10-12-22(30)33-19-25(16-29,18-32-17-24(13-26,14-27)15-28)20-34-23(31)21(6-3)11-8-5-2/h21,26-29H,4-20H2,1-3H3. The van der Waals surface area contributed by atoms with Crippen LogP contribution in [0, 0.1) is 16.7 Å². The number of ether oxygens (including phenoxy) is 3. The Labute approximate surface area is 204 Å². The van der Waals surface area contributed by atoms with E-state index in [1.165, 1.54) is 0 Å². The Morgan fingerprint density at radius 3 is 1.79 bits per heavy atom. The Kier molecular flexibility index (Phi) is 18.3. The first-order valence-electron chi connectivity index (χ1n) is 12.6. The highest BCUT2D eigenvalue weighted by molar-refractivity contribution is 5.72. The van der Waals surface area contributed by atoms with Gasteiger partial charge in [0.05, 0.1) is 56.4 Å². The third-order valence-electron chi connectivity index (χ3n) is 6.18. The first-order valence-corrected chi connectivity index (χ1v) is 12.6. The summed E-state index contributed by atoms with van der Waals surface area (Å²) in [4.78, 5) is 24.8. The van der Waals surface area contributed by atoms with Crippen LogP contribution in [0.5, 0.6) is 0 Å². The van der Waals surface area contributed by atoms with E-state index in [9.17, 15) is 30.0 Å². The predicted molar refractivity (Wildman–Crippen MR) is 128 cm³/mol. The van der Waals surface area contributed by atoms with E-state index >= 15 is 0 Å². The van der Waals surface area contributed by atoms with Crippen LogP contribution in [0.4, 0.5) is 0 Å². The number of hydrogen-bond donors (Lipinski definition) is 4. The normalized spacial score (nSPS) is 14.4. The summed E-state index contributed by atoms with van der Waals surface area (Å²) in [6, 6.07) is 0. The number of esters is 2. The zero-order valence-electron chi connectivity index (χ0n) is 21.4. The van der Waals surface area contributed by atoms with Gasteiger partial charge in [0.2, 0.25) is 0 Å². The molecule has 9 heteroatoms. The van der Waals surface area contributed by atoms with Crippen LogP contribution >= 0.6 is 0 Å². The molecule has 4 N–H and O–H groups in total. The van der Waals surface area contributed by atoms with Crippen molar-refractivity contribution in [3.63, 3.8) is 0 Å². The van der Waals surface area contributed by atoms with E-state index in [4.69, 9.17) is 14.2 Å². The fourth-order valence-electron chi connectivity index (χ4n) is 3.32. The SMILES string of the molecule is CCCCCCC(=O)OCC(CO)(COCC(CO)(CO)CO)COC(=O)C(CC)CCCC. The fourth-order valence-corrected chi connectivity index (χ4v) is 3.32. The second-order valence-electron chi connectivity index (χ2n) is 9.45. The number of aliphatic hydroxyl groups excluding tert-OH is 4. The summed E-state index contributed by atoms with van der Waals surface area (Å²) in [6.45, 7) is 3.32. The zero-order chi connectivity index (χ0) is 25.9. The number of rotatable bonds is 22. The van der Waals surface area contributed by atoms with Gasteiger partial charge in [0.1, 0.15) is 13.2 Å². The Bertz CT molecular complexity index is 528. The van der Waals surface area contributed by atoms with Gasteiger partial charge in [0, 0.05) is 6.42 Å². The Balaban J connectivity index is 5.21. The molecule has 0 heterocycles. The minimum atomic E-state index is -1.25. The molecule has 34 heavy (non-hydrogen) atoms. The van der Waals surface area contributed by atoms with Gasteiger partial charge in [-0.15, -0.1) is 0 Å². The molecule has 0 radical (unpaired) electrons. The van der Waals surface area contributed by atoms with Crippen molar-refractivity contribution in [3.05, 3.63) is 0 Å². The lowest BCUT2D eigenvalue weighted by molar-refractivity contribution is -0.166. The smallest absolute Gasteiger partial charge is 0.308 e. The average Bonchev–Trinajstić information content (AvgIpc) is 2.86. The van der Waals surface area contributed by atoms with E-state index in [1.807, 2.05) is 13.8 Å². The average molecular weight is 493 g/mol. The molecule has 0 aliphatic rings. The van der Waals surface area contributed by atoms with Crippen molar-refractivity contribution in [1.82, 2.24) is 0 Å². The molecule has 0 rings (SSSR count). The van der Waals surface area contributed by atoms with Crippen LogP contribution in [0.2, 0.25) is 0 Å². The quantitative estimate of drug-likeness (QED) is 0.132.